The van der Waals surface area contributed by atoms with Crippen LogP contribution < -0.4 is 5.32 Å². The third kappa shape index (κ3) is 3.75. The Morgan fingerprint density at radius 1 is 1.50 bits per heavy atom. The maximum Gasteiger partial charge on any atom is 0.251 e. The number of amides is 1. The minimum atomic E-state index is -0.0846. The van der Waals surface area contributed by atoms with Crippen molar-refractivity contribution in [3.63, 3.8) is 0 Å². The van der Waals surface area contributed by atoms with E-state index >= 15 is 0 Å². The number of hydrogen-bond acceptors (Lipinski definition) is 2. The van der Waals surface area contributed by atoms with Crippen LogP contribution in [0.4, 0.5) is 0 Å². The molecule has 20 heavy (non-hydrogen) atoms. The Bertz CT molecular complexity index is 553. The summed E-state index contributed by atoms with van der Waals surface area (Å²) in [6.45, 7) is 2.21. The standard InChI is InChI=1S/C16H18ClNO2/c1-11-8-14(9-11)18-16(20)13-6-5-12(15(17)10-13)4-2-3-7-19/h5-6,10-11,14,19H,3,7-9H2,1H3,(H,18,20). The number of rotatable bonds is 3. The molecule has 0 unspecified atom stereocenters. The summed E-state index contributed by atoms with van der Waals surface area (Å²) in [6, 6.07) is 5.40. The molecule has 0 aromatic heterocycles. The Morgan fingerprint density at radius 2 is 2.25 bits per heavy atom. The molecule has 1 amide bonds. The first kappa shape index (κ1) is 14.9. The number of carbonyl (C=O) groups excluding carboxylic acids is 1. The Kier molecular flexibility index (Phi) is 5.05. The molecular weight excluding hydrogens is 274 g/mol. The fraction of sp³-hybridized carbons (Fsp3) is 0.438. The molecule has 0 aliphatic heterocycles. The Labute approximate surface area is 124 Å². The lowest BCUT2D eigenvalue weighted by atomic mass is 9.82. The highest BCUT2D eigenvalue weighted by Gasteiger charge is 2.26. The zero-order valence-corrected chi connectivity index (χ0v) is 12.2. The normalized spacial score (nSPS) is 20.6. The molecule has 0 saturated heterocycles. The van der Waals surface area contributed by atoms with Gasteiger partial charge in [0.15, 0.2) is 0 Å². The molecule has 0 spiro atoms. The van der Waals surface area contributed by atoms with Gasteiger partial charge in [-0.3, -0.25) is 4.79 Å². The van der Waals surface area contributed by atoms with E-state index in [0.717, 1.165) is 12.8 Å². The van der Waals surface area contributed by atoms with Gasteiger partial charge in [-0.05, 0) is 37.0 Å². The lowest BCUT2D eigenvalue weighted by molar-refractivity contribution is 0.0896. The highest BCUT2D eigenvalue weighted by atomic mass is 35.5. The van der Waals surface area contributed by atoms with Crippen molar-refractivity contribution in [1.29, 1.82) is 0 Å². The summed E-state index contributed by atoms with van der Waals surface area (Å²) in [7, 11) is 0. The second-order valence-electron chi connectivity index (χ2n) is 5.22. The number of aliphatic hydroxyl groups excluding tert-OH is 1. The summed E-state index contributed by atoms with van der Waals surface area (Å²) < 4.78 is 0. The molecule has 1 saturated carbocycles. The maximum atomic E-state index is 12.0. The quantitative estimate of drug-likeness (QED) is 0.841. The maximum absolute atomic E-state index is 12.0. The molecule has 3 nitrogen and oxygen atoms in total. The largest absolute Gasteiger partial charge is 0.395 e. The van der Waals surface area contributed by atoms with Gasteiger partial charge in [0.25, 0.3) is 5.91 Å². The lowest BCUT2D eigenvalue weighted by Crippen LogP contribution is -2.43. The molecule has 4 heteroatoms. The van der Waals surface area contributed by atoms with Crippen molar-refractivity contribution >= 4 is 17.5 Å². The fourth-order valence-corrected chi connectivity index (χ4v) is 2.49. The van der Waals surface area contributed by atoms with E-state index in [1.165, 1.54) is 0 Å². The monoisotopic (exact) mass is 291 g/mol. The van der Waals surface area contributed by atoms with E-state index in [9.17, 15) is 4.79 Å². The number of aliphatic hydroxyl groups is 1. The van der Waals surface area contributed by atoms with E-state index in [-0.39, 0.29) is 12.5 Å². The second kappa shape index (κ2) is 6.78. The highest BCUT2D eigenvalue weighted by molar-refractivity contribution is 6.32. The lowest BCUT2D eigenvalue weighted by Gasteiger charge is -2.33. The predicted octanol–water partition coefficient (Wildman–Crippen LogP) is 2.60. The van der Waals surface area contributed by atoms with E-state index in [1.807, 2.05) is 0 Å². The van der Waals surface area contributed by atoms with E-state index < -0.39 is 0 Å². The van der Waals surface area contributed by atoms with Crippen molar-refractivity contribution in [2.45, 2.75) is 32.2 Å². The summed E-state index contributed by atoms with van der Waals surface area (Å²) in [4.78, 5) is 12.0. The van der Waals surface area contributed by atoms with Crippen LogP contribution in [0.5, 0.6) is 0 Å². The third-order valence-corrected chi connectivity index (χ3v) is 3.71. The van der Waals surface area contributed by atoms with E-state index in [4.69, 9.17) is 16.7 Å². The molecule has 0 atom stereocenters. The van der Waals surface area contributed by atoms with Gasteiger partial charge in [0.05, 0.1) is 11.6 Å². The third-order valence-electron chi connectivity index (χ3n) is 3.40. The SMILES string of the molecule is CC1CC(NC(=O)c2ccc(C#CCCO)c(Cl)c2)C1. The summed E-state index contributed by atoms with van der Waals surface area (Å²) in [5, 5.41) is 12.1. The molecule has 0 radical (unpaired) electrons. The van der Waals surface area contributed by atoms with Crippen LogP contribution in [0.3, 0.4) is 0 Å². The van der Waals surface area contributed by atoms with Gasteiger partial charge < -0.3 is 10.4 Å². The van der Waals surface area contributed by atoms with Gasteiger partial charge in [-0.25, -0.2) is 0 Å². The van der Waals surface area contributed by atoms with Crippen molar-refractivity contribution in [3.8, 4) is 11.8 Å². The molecule has 1 aliphatic carbocycles. The number of carbonyl (C=O) groups is 1. The average molecular weight is 292 g/mol. The number of hydrogen-bond donors (Lipinski definition) is 2. The Morgan fingerprint density at radius 3 is 2.85 bits per heavy atom. The molecule has 0 heterocycles. The molecule has 0 bridgehead atoms. The van der Waals surface area contributed by atoms with Crippen molar-refractivity contribution < 1.29 is 9.90 Å². The Balaban J connectivity index is 2.01. The van der Waals surface area contributed by atoms with Crippen LogP contribution in [0.15, 0.2) is 18.2 Å². The van der Waals surface area contributed by atoms with Crippen LogP contribution in [-0.4, -0.2) is 23.7 Å². The van der Waals surface area contributed by atoms with E-state index in [2.05, 4.69) is 24.1 Å². The molecule has 1 aromatic carbocycles. The summed E-state index contributed by atoms with van der Waals surface area (Å²) >= 11 is 6.11. The van der Waals surface area contributed by atoms with Gasteiger partial charge in [-0.15, -0.1) is 0 Å². The molecular formula is C16H18ClNO2. The Hall–Kier alpha value is -1.50. The van der Waals surface area contributed by atoms with E-state index in [0.29, 0.717) is 34.5 Å². The van der Waals surface area contributed by atoms with Crippen LogP contribution in [0.25, 0.3) is 0 Å². The topological polar surface area (TPSA) is 49.3 Å². The molecule has 106 valence electrons. The molecule has 1 aromatic rings. The fourth-order valence-electron chi connectivity index (χ4n) is 2.26. The van der Waals surface area contributed by atoms with Gasteiger partial charge >= 0.3 is 0 Å². The predicted molar refractivity (Wildman–Crippen MR) is 79.7 cm³/mol. The zero-order valence-electron chi connectivity index (χ0n) is 11.4. The zero-order chi connectivity index (χ0) is 14.5. The van der Waals surface area contributed by atoms with Crippen LogP contribution in [0, 0.1) is 17.8 Å². The summed E-state index contributed by atoms with van der Waals surface area (Å²) in [5.74, 6) is 6.30. The van der Waals surface area contributed by atoms with E-state index in [1.54, 1.807) is 18.2 Å². The molecule has 1 fully saturated rings. The van der Waals surface area contributed by atoms with Crippen molar-refractivity contribution in [2.24, 2.45) is 5.92 Å². The summed E-state index contributed by atoms with van der Waals surface area (Å²) in [6.07, 6.45) is 2.51. The molecule has 2 N–H and O–H groups in total. The smallest absolute Gasteiger partial charge is 0.251 e. The van der Waals surface area contributed by atoms with Crippen molar-refractivity contribution in [2.75, 3.05) is 6.61 Å². The van der Waals surface area contributed by atoms with Gasteiger partial charge in [0.2, 0.25) is 0 Å². The molecule has 1 aliphatic rings. The average Bonchev–Trinajstić information content (AvgIpc) is 2.39. The van der Waals surface area contributed by atoms with Crippen molar-refractivity contribution in [1.82, 2.24) is 5.32 Å². The number of halogens is 1. The van der Waals surface area contributed by atoms with Crippen molar-refractivity contribution in [3.05, 3.63) is 34.3 Å². The number of benzene rings is 1. The first-order valence-corrected chi connectivity index (χ1v) is 7.18. The first-order valence-electron chi connectivity index (χ1n) is 6.80. The summed E-state index contributed by atoms with van der Waals surface area (Å²) in [5.41, 5.74) is 1.23. The number of nitrogens with one attached hydrogen (secondary N) is 1. The van der Waals surface area contributed by atoms with Crippen LogP contribution >= 0.6 is 11.6 Å². The molecule has 2 rings (SSSR count). The van der Waals surface area contributed by atoms with Gasteiger partial charge in [-0.2, -0.15) is 0 Å². The van der Waals surface area contributed by atoms with Crippen LogP contribution in [0.2, 0.25) is 5.02 Å². The highest BCUT2D eigenvalue weighted by Crippen LogP contribution is 2.26. The van der Waals surface area contributed by atoms with Gasteiger partial charge in [-0.1, -0.05) is 30.4 Å². The second-order valence-corrected chi connectivity index (χ2v) is 5.62. The van der Waals surface area contributed by atoms with Gasteiger partial charge in [0.1, 0.15) is 0 Å². The minimum Gasteiger partial charge on any atom is -0.395 e. The van der Waals surface area contributed by atoms with Crippen LogP contribution in [-0.2, 0) is 0 Å². The van der Waals surface area contributed by atoms with Gasteiger partial charge in [0, 0.05) is 23.6 Å². The minimum absolute atomic E-state index is 0.0327. The van der Waals surface area contributed by atoms with Crippen LogP contribution in [0.1, 0.15) is 42.1 Å². The first-order chi connectivity index (χ1) is 9.60.